The van der Waals surface area contributed by atoms with Gasteiger partial charge in [-0.25, -0.2) is 8.42 Å². The van der Waals surface area contributed by atoms with Crippen molar-refractivity contribution in [2.24, 2.45) is 0 Å². The Morgan fingerprint density at radius 1 is 1.12 bits per heavy atom. The van der Waals surface area contributed by atoms with Crippen molar-refractivity contribution in [1.29, 1.82) is 0 Å². The molecular weight excluding hydrogens is 450 g/mol. The summed E-state index contributed by atoms with van der Waals surface area (Å²) in [4.78, 5) is 25.2. The van der Waals surface area contributed by atoms with Gasteiger partial charge in [0, 0.05) is 12.1 Å². The van der Waals surface area contributed by atoms with Crippen molar-refractivity contribution >= 4 is 33.0 Å². The number of hydrogen-bond acceptors (Lipinski definition) is 5. The van der Waals surface area contributed by atoms with Crippen LogP contribution < -0.4 is 16.0 Å². The lowest BCUT2D eigenvalue weighted by Crippen LogP contribution is -2.43. The first-order chi connectivity index (χ1) is 16.3. The highest BCUT2D eigenvalue weighted by atomic mass is 32.2. The molecule has 34 heavy (non-hydrogen) atoms. The predicted molar refractivity (Wildman–Crippen MR) is 135 cm³/mol. The second-order valence-corrected chi connectivity index (χ2v) is 11.2. The van der Waals surface area contributed by atoms with E-state index in [-0.39, 0.29) is 17.4 Å². The molecule has 1 heterocycles. The molecule has 1 aliphatic heterocycles. The van der Waals surface area contributed by atoms with E-state index < -0.39 is 21.8 Å². The fraction of sp³-hybridized carbons (Fsp3) is 0.385. The van der Waals surface area contributed by atoms with Gasteiger partial charge in [-0.1, -0.05) is 41.5 Å². The highest BCUT2D eigenvalue weighted by Crippen LogP contribution is 2.28. The zero-order valence-corrected chi connectivity index (χ0v) is 20.2. The van der Waals surface area contributed by atoms with Crippen LogP contribution >= 0.6 is 0 Å². The molecule has 3 N–H and O–H groups in total. The van der Waals surface area contributed by atoms with E-state index in [1.54, 1.807) is 24.3 Å². The van der Waals surface area contributed by atoms with Gasteiger partial charge >= 0.3 is 0 Å². The first-order valence-corrected chi connectivity index (χ1v) is 13.5. The molecule has 0 radical (unpaired) electrons. The Balaban J connectivity index is 1.36. The van der Waals surface area contributed by atoms with Crippen LogP contribution in [0.3, 0.4) is 0 Å². The zero-order valence-electron chi connectivity index (χ0n) is 19.4. The summed E-state index contributed by atoms with van der Waals surface area (Å²) in [5, 5.41) is 8.71. The Hall–Kier alpha value is -3.13. The fourth-order valence-corrected chi connectivity index (χ4v) is 5.99. The number of benzene rings is 2. The number of amides is 2. The van der Waals surface area contributed by atoms with Crippen molar-refractivity contribution in [2.75, 3.05) is 22.9 Å². The summed E-state index contributed by atoms with van der Waals surface area (Å²) in [6.45, 7) is 2.49. The smallest absolute Gasteiger partial charge is 0.251 e. The summed E-state index contributed by atoms with van der Waals surface area (Å²) in [5.74, 6) is -1.06. The second-order valence-electron chi connectivity index (χ2n) is 9.10. The lowest BCUT2D eigenvalue weighted by molar-refractivity contribution is -0.116. The van der Waals surface area contributed by atoms with Crippen molar-refractivity contribution in [2.45, 2.75) is 50.8 Å². The van der Waals surface area contributed by atoms with Crippen molar-refractivity contribution in [1.82, 2.24) is 5.32 Å². The van der Waals surface area contributed by atoms with Gasteiger partial charge in [0.2, 0.25) is 5.91 Å². The van der Waals surface area contributed by atoms with Gasteiger partial charge in [-0.3, -0.25) is 9.59 Å². The van der Waals surface area contributed by atoms with Crippen molar-refractivity contribution in [3.8, 4) is 0 Å². The lowest BCUT2D eigenvalue weighted by Gasteiger charge is -2.27. The molecule has 0 saturated heterocycles. The van der Waals surface area contributed by atoms with Gasteiger partial charge < -0.3 is 16.0 Å². The molecule has 2 aromatic carbocycles. The van der Waals surface area contributed by atoms with Gasteiger partial charge in [-0.2, -0.15) is 0 Å². The average Bonchev–Trinajstić information content (AvgIpc) is 2.79. The third kappa shape index (κ3) is 6.26. The van der Waals surface area contributed by atoms with Crippen LogP contribution in [0, 0.1) is 6.92 Å². The highest BCUT2D eigenvalue weighted by molar-refractivity contribution is 7.90. The molecule has 0 saturated carbocycles. The highest BCUT2D eigenvalue weighted by Gasteiger charge is 2.30. The molecule has 1 atom stereocenters. The van der Waals surface area contributed by atoms with E-state index in [1.807, 2.05) is 25.1 Å². The largest absolute Gasteiger partial charge is 0.371 e. The summed E-state index contributed by atoms with van der Waals surface area (Å²) in [6, 6.07) is 11.4. The minimum absolute atomic E-state index is 0.122. The fourth-order valence-electron chi connectivity index (χ4n) is 4.44. The van der Waals surface area contributed by atoms with Crippen LogP contribution in [0.5, 0.6) is 0 Å². The zero-order chi connectivity index (χ0) is 24.1. The van der Waals surface area contributed by atoms with E-state index in [0.717, 1.165) is 24.8 Å². The van der Waals surface area contributed by atoms with Gasteiger partial charge in [0.25, 0.3) is 5.91 Å². The van der Waals surface area contributed by atoms with E-state index in [1.165, 1.54) is 18.4 Å². The number of hydrogen-bond donors (Lipinski definition) is 3. The molecule has 0 unspecified atom stereocenters. The van der Waals surface area contributed by atoms with E-state index in [2.05, 4.69) is 22.0 Å². The maximum absolute atomic E-state index is 12.7. The van der Waals surface area contributed by atoms with Crippen molar-refractivity contribution in [3.05, 3.63) is 70.8 Å². The van der Waals surface area contributed by atoms with Crippen LogP contribution in [0.25, 0.3) is 0 Å². The second kappa shape index (κ2) is 10.4. The first kappa shape index (κ1) is 24.0. The Bertz CT molecular complexity index is 1220. The van der Waals surface area contributed by atoms with Gasteiger partial charge in [-0.15, -0.1) is 0 Å². The first-order valence-electron chi connectivity index (χ1n) is 11.7. The number of anilines is 2. The standard InChI is InChI=1S/C26H31N3O4S/c1-18-6-5-9-20(14-18)16-34(32,33)17-24-26(31)29-23-15-21(10-11-22(23)28-24)25(30)27-13-12-19-7-3-2-4-8-19/h5-7,9-11,14-15,24,28H,2-4,8,12-13,16-17H2,1H3,(H,27,30)(H,29,31)/t24-/m0/s1. The molecule has 2 aliphatic rings. The molecule has 2 aromatic rings. The maximum atomic E-state index is 12.7. The number of aryl methyl sites for hydroxylation is 1. The number of nitrogens with one attached hydrogen (secondary N) is 3. The Kier molecular flexibility index (Phi) is 7.36. The summed E-state index contributed by atoms with van der Waals surface area (Å²) < 4.78 is 25.4. The lowest BCUT2D eigenvalue weighted by atomic mass is 9.97. The van der Waals surface area contributed by atoms with Crippen LogP contribution in [0.2, 0.25) is 0 Å². The summed E-state index contributed by atoms with van der Waals surface area (Å²) in [6.07, 6.45) is 7.81. The Morgan fingerprint density at radius 2 is 1.97 bits per heavy atom. The number of carbonyl (C=O) groups excluding carboxylic acids is 2. The van der Waals surface area contributed by atoms with Crippen LogP contribution in [-0.4, -0.2) is 38.6 Å². The number of carbonyl (C=O) groups is 2. The Morgan fingerprint density at radius 3 is 2.74 bits per heavy atom. The number of allylic oxidation sites excluding steroid dienone is 1. The summed E-state index contributed by atoms with van der Waals surface area (Å²) >= 11 is 0. The van der Waals surface area contributed by atoms with Crippen LogP contribution in [0.15, 0.2) is 54.1 Å². The molecular formula is C26H31N3O4S. The third-order valence-electron chi connectivity index (χ3n) is 6.19. The van der Waals surface area contributed by atoms with Gasteiger partial charge in [0.05, 0.1) is 22.9 Å². The minimum atomic E-state index is -3.52. The summed E-state index contributed by atoms with van der Waals surface area (Å²) in [5.41, 5.74) is 4.60. The average molecular weight is 482 g/mol. The normalized spacial score (nSPS) is 17.7. The third-order valence-corrected chi connectivity index (χ3v) is 7.81. The number of sulfone groups is 1. The van der Waals surface area contributed by atoms with Crippen LogP contribution in [0.1, 0.15) is 53.6 Å². The molecule has 4 rings (SSSR count). The predicted octanol–water partition coefficient (Wildman–Crippen LogP) is 3.96. The molecule has 0 bridgehead atoms. The quantitative estimate of drug-likeness (QED) is 0.495. The van der Waals surface area contributed by atoms with Gasteiger partial charge in [0.15, 0.2) is 9.84 Å². The van der Waals surface area contributed by atoms with Crippen LogP contribution in [-0.2, 0) is 20.4 Å². The van der Waals surface area contributed by atoms with E-state index in [9.17, 15) is 18.0 Å². The molecule has 0 aromatic heterocycles. The van der Waals surface area contributed by atoms with Gasteiger partial charge in [-0.05, 0) is 62.8 Å². The minimum Gasteiger partial charge on any atom is -0.371 e. The number of rotatable bonds is 8. The maximum Gasteiger partial charge on any atom is 0.251 e. The molecule has 2 amide bonds. The molecule has 7 nitrogen and oxygen atoms in total. The topological polar surface area (TPSA) is 104 Å². The van der Waals surface area contributed by atoms with E-state index in [0.29, 0.717) is 29.0 Å². The van der Waals surface area contributed by atoms with Crippen molar-refractivity contribution in [3.63, 3.8) is 0 Å². The van der Waals surface area contributed by atoms with Gasteiger partial charge in [0.1, 0.15) is 6.04 Å². The molecule has 0 spiro atoms. The van der Waals surface area contributed by atoms with Crippen LogP contribution in [0.4, 0.5) is 11.4 Å². The summed E-state index contributed by atoms with van der Waals surface area (Å²) in [7, 11) is -3.52. The monoisotopic (exact) mass is 481 g/mol. The molecule has 180 valence electrons. The molecule has 1 aliphatic carbocycles. The van der Waals surface area contributed by atoms with E-state index >= 15 is 0 Å². The van der Waals surface area contributed by atoms with E-state index in [4.69, 9.17) is 0 Å². The number of fused-ring (bicyclic) bond motifs is 1. The molecule has 8 heteroatoms. The SMILES string of the molecule is Cc1cccc(CS(=O)(=O)C[C@@H]2Nc3ccc(C(=O)NCCC4=CCCCC4)cc3NC2=O)c1. The molecule has 0 fully saturated rings. The Labute approximate surface area is 200 Å². The van der Waals surface area contributed by atoms with Crippen molar-refractivity contribution < 1.29 is 18.0 Å².